The molecule has 1 fully saturated rings. The fourth-order valence-corrected chi connectivity index (χ4v) is 2.97. The van der Waals surface area contributed by atoms with E-state index in [0.29, 0.717) is 11.9 Å². The number of nitrogens with one attached hydrogen (secondary N) is 2. The Kier molecular flexibility index (Phi) is 5.93. The third kappa shape index (κ3) is 5.08. The number of nitrogens with zero attached hydrogens (tertiary/aromatic N) is 4. The number of aromatic nitrogens is 2. The molecule has 2 heterocycles. The molecule has 0 amide bonds. The van der Waals surface area contributed by atoms with Gasteiger partial charge in [-0.1, -0.05) is 13.8 Å². The Morgan fingerprint density at radius 3 is 2.38 bits per heavy atom. The van der Waals surface area contributed by atoms with Crippen molar-refractivity contribution in [2.75, 3.05) is 55.3 Å². The van der Waals surface area contributed by atoms with Crippen molar-refractivity contribution in [1.82, 2.24) is 14.9 Å². The van der Waals surface area contributed by atoms with Gasteiger partial charge in [0.15, 0.2) is 0 Å². The molecule has 0 spiro atoms. The fourth-order valence-electron chi connectivity index (χ4n) is 2.97. The molecule has 6 heteroatoms. The summed E-state index contributed by atoms with van der Waals surface area (Å²) in [4.78, 5) is 13.9. The van der Waals surface area contributed by atoms with E-state index in [-0.39, 0.29) is 0 Å². The van der Waals surface area contributed by atoms with Gasteiger partial charge >= 0.3 is 0 Å². The number of aryl methyl sites for hydroxylation is 1. The van der Waals surface area contributed by atoms with Crippen molar-refractivity contribution in [2.24, 2.45) is 5.92 Å². The summed E-state index contributed by atoms with van der Waals surface area (Å²) >= 11 is 0. The number of hydrogen-bond acceptors (Lipinski definition) is 6. The van der Waals surface area contributed by atoms with Crippen LogP contribution in [0, 0.1) is 12.8 Å². The van der Waals surface area contributed by atoms with E-state index in [1.807, 2.05) is 13.0 Å². The topological polar surface area (TPSA) is 56.3 Å². The van der Waals surface area contributed by atoms with Gasteiger partial charge in [-0.15, -0.1) is 0 Å². The molecule has 0 unspecified atom stereocenters. The number of rotatable bonds is 6. The number of anilines is 4. The van der Waals surface area contributed by atoms with E-state index in [4.69, 9.17) is 0 Å². The van der Waals surface area contributed by atoms with E-state index in [2.05, 4.69) is 75.6 Å². The average Bonchev–Trinajstić information content (AvgIpc) is 2.61. The van der Waals surface area contributed by atoms with Crippen LogP contribution in [0.1, 0.15) is 19.5 Å². The summed E-state index contributed by atoms with van der Waals surface area (Å²) in [5.74, 6) is 2.06. The molecule has 3 rings (SSSR count). The lowest BCUT2D eigenvalue weighted by Gasteiger charge is -2.34. The lowest BCUT2D eigenvalue weighted by molar-refractivity contribution is 0.313. The highest BCUT2D eigenvalue weighted by atomic mass is 15.2. The fraction of sp³-hybridized carbons (Fsp3) is 0.500. The zero-order valence-electron chi connectivity index (χ0n) is 16.3. The lowest BCUT2D eigenvalue weighted by atomic mass is 10.2. The number of hydrogen-bond donors (Lipinski definition) is 2. The van der Waals surface area contributed by atoms with Gasteiger partial charge in [0.25, 0.3) is 0 Å². The molecule has 0 aliphatic carbocycles. The van der Waals surface area contributed by atoms with Crippen LogP contribution in [0.3, 0.4) is 0 Å². The second kappa shape index (κ2) is 8.36. The van der Waals surface area contributed by atoms with Crippen LogP contribution in [-0.2, 0) is 0 Å². The molecule has 1 aromatic heterocycles. The van der Waals surface area contributed by atoms with E-state index >= 15 is 0 Å². The van der Waals surface area contributed by atoms with E-state index < -0.39 is 0 Å². The van der Waals surface area contributed by atoms with Crippen molar-refractivity contribution in [1.29, 1.82) is 0 Å². The second-order valence-corrected chi connectivity index (χ2v) is 7.46. The first-order valence-corrected chi connectivity index (χ1v) is 9.40. The Morgan fingerprint density at radius 1 is 1.04 bits per heavy atom. The van der Waals surface area contributed by atoms with Crippen molar-refractivity contribution < 1.29 is 0 Å². The van der Waals surface area contributed by atoms with Crippen LogP contribution in [0.15, 0.2) is 30.3 Å². The third-order valence-corrected chi connectivity index (χ3v) is 4.54. The maximum Gasteiger partial charge on any atom is 0.229 e. The van der Waals surface area contributed by atoms with Gasteiger partial charge in [0.1, 0.15) is 5.82 Å². The minimum absolute atomic E-state index is 0.573. The molecule has 0 bridgehead atoms. The van der Waals surface area contributed by atoms with Crippen LogP contribution < -0.4 is 15.5 Å². The highest BCUT2D eigenvalue weighted by molar-refractivity contribution is 5.60. The third-order valence-electron chi connectivity index (χ3n) is 4.54. The zero-order chi connectivity index (χ0) is 18.5. The van der Waals surface area contributed by atoms with Crippen LogP contribution in [0.4, 0.5) is 23.1 Å². The Labute approximate surface area is 156 Å². The molecular weight excluding hydrogens is 324 g/mol. The predicted molar refractivity (Wildman–Crippen MR) is 110 cm³/mol. The monoisotopic (exact) mass is 354 g/mol. The highest BCUT2D eigenvalue weighted by Gasteiger charge is 2.14. The van der Waals surface area contributed by atoms with Crippen LogP contribution in [0.5, 0.6) is 0 Å². The second-order valence-electron chi connectivity index (χ2n) is 7.46. The number of piperazine rings is 1. The van der Waals surface area contributed by atoms with Crippen LogP contribution in [0.25, 0.3) is 0 Å². The van der Waals surface area contributed by atoms with Crippen molar-refractivity contribution in [3.8, 4) is 0 Å². The SMILES string of the molecule is Cc1cc(NCC(C)C)nc(Nc2ccc(N3CCN(C)CC3)cc2)n1. The first-order valence-electron chi connectivity index (χ1n) is 9.40. The molecule has 1 aromatic carbocycles. The average molecular weight is 355 g/mol. The zero-order valence-corrected chi connectivity index (χ0v) is 16.3. The van der Waals surface area contributed by atoms with E-state index in [1.165, 1.54) is 5.69 Å². The van der Waals surface area contributed by atoms with Gasteiger partial charge in [-0.3, -0.25) is 0 Å². The molecule has 1 aliphatic heterocycles. The van der Waals surface area contributed by atoms with E-state index in [0.717, 1.165) is 49.9 Å². The summed E-state index contributed by atoms with van der Waals surface area (Å²) in [5, 5.41) is 6.69. The van der Waals surface area contributed by atoms with Crippen LogP contribution in [-0.4, -0.2) is 54.6 Å². The molecule has 0 radical (unpaired) electrons. The molecule has 1 aliphatic rings. The van der Waals surface area contributed by atoms with Crippen molar-refractivity contribution in [3.05, 3.63) is 36.0 Å². The van der Waals surface area contributed by atoms with Crippen molar-refractivity contribution in [2.45, 2.75) is 20.8 Å². The van der Waals surface area contributed by atoms with Crippen LogP contribution in [0.2, 0.25) is 0 Å². The van der Waals surface area contributed by atoms with E-state index in [9.17, 15) is 0 Å². The molecular formula is C20H30N6. The predicted octanol–water partition coefficient (Wildman–Crippen LogP) is 3.35. The Balaban J connectivity index is 1.65. The summed E-state index contributed by atoms with van der Waals surface area (Å²) in [7, 11) is 2.18. The maximum atomic E-state index is 4.57. The molecule has 0 saturated carbocycles. The summed E-state index contributed by atoms with van der Waals surface area (Å²) in [5.41, 5.74) is 3.22. The summed E-state index contributed by atoms with van der Waals surface area (Å²) < 4.78 is 0. The minimum atomic E-state index is 0.573. The number of benzene rings is 1. The minimum Gasteiger partial charge on any atom is -0.370 e. The number of likely N-dealkylation sites (N-methyl/N-ethyl adjacent to an activating group) is 1. The Hall–Kier alpha value is -2.34. The molecule has 6 nitrogen and oxygen atoms in total. The highest BCUT2D eigenvalue weighted by Crippen LogP contribution is 2.21. The first-order chi connectivity index (χ1) is 12.5. The van der Waals surface area contributed by atoms with Crippen LogP contribution >= 0.6 is 0 Å². The molecule has 2 aromatic rings. The molecule has 1 saturated heterocycles. The van der Waals surface area contributed by atoms with Gasteiger partial charge in [-0.05, 0) is 44.2 Å². The van der Waals surface area contributed by atoms with Gasteiger partial charge in [-0.25, -0.2) is 4.98 Å². The Morgan fingerprint density at radius 2 is 1.73 bits per heavy atom. The quantitative estimate of drug-likeness (QED) is 0.830. The standard InChI is InChI=1S/C20H30N6/c1-15(2)14-21-19-13-16(3)22-20(24-19)23-17-5-7-18(8-6-17)26-11-9-25(4)10-12-26/h5-8,13,15H,9-12,14H2,1-4H3,(H2,21,22,23,24). The summed E-state index contributed by atoms with van der Waals surface area (Å²) in [6, 6.07) is 10.5. The van der Waals surface area contributed by atoms with Gasteiger partial charge in [0.05, 0.1) is 0 Å². The normalized spacial score (nSPS) is 15.3. The Bertz CT molecular complexity index is 705. The first kappa shape index (κ1) is 18.5. The van der Waals surface area contributed by atoms with Gasteiger partial charge in [0, 0.05) is 55.9 Å². The van der Waals surface area contributed by atoms with Gasteiger partial charge < -0.3 is 20.4 Å². The largest absolute Gasteiger partial charge is 0.370 e. The van der Waals surface area contributed by atoms with Crippen molar-refractivity contribution >= 4 is 23.1 Å². The lowest BCUT2D eigenvalue weighted by Crippen LogP contribution is -2.44. The molecule has 26 heavy (non-hydrogen) atoms. The van der Waals surface area contributed by atoms with E-state index in [1.54, 1.807) is 0 Å². The van der Waals surface area contributed by atoms with Gasteiger partial charge in [-0.2, -0.15) is 4.98 Å². The molecule has 140 valence electrons. The molecule has 0 atom stereocenters. The van der Waals surface area contributed by atoms with Crippen molar-refractivity contribution in [3.63, 3.8) is 0 Å². The molecule has 2 N–H and O–H groups in total. The smallest absolute Gasteiger partial charge is 0.229 e. The summed E-state index contributed by atoms with van der Waals surface area (Å²) in [6.45, 7) is 11.6. The summed E-state index contributed by atoms with van der Waals surface area (Å²) in [6.07, 6.45) is 0. The maximum absolute atomic E-state index is 4.57. The van der Waals surface area contributed by atoms with Gasteiger partial charge in [0.2, 0.25) is 5.95 Å².